The summed E-state index contributed by atoms with van der Waals surface area (Å²) in [5, 5.41) is 8.96. The molecule has 0 saturated heterocycles. The molecule has 0 fully saturated rings. The summed E-state index contributed by atoms with van der Waals surface area (Å²) in [6.45, 7) is 12.3. The van der Waals surface area contributed by atoms with Crippen LogP contribution in [-0.4, -0.2) is 36.0 Å². The first kappa shape index (κ1) is 18.9. The quantitative estimate of drug-likeness (QED) is 0.634. The maximum atomic E-state index is 11.9. The van der Waals surface area contributed by atoms with Crippen molar-refractivity contribution < 1.29 is 9.59 Å². The molecular weight excluding hydrogens is 254 g/mol. The van der Waals surface area contributed by atoms with Gasteiger partial charge in [-0.2, -0.15) is 0 Å². The minimum atomic E-state index is -0.280. The molecule has 0 heterocycles. The van der Waals surface area contributed by atoms with Gasteiger partial charge in [0.15, 0.2) is 0 Å². The molecule has 0 aliphatic heterocycles. The second kappa shape index (κ2) is 8.95. The van der Waals surface area contributed by atoms with Gasteiger partial charge in [0, 0.05) is 24.5 Å². The maximum Gasteiger partial charge on any atom is 0.237 e. The molecule has 1 atom stereocenters. The molecule has 118 valence electrons. The molecule has 0 spiro atoms. The zero-order valence-corrected chi connectivity index (χ0v) is 13.8. The Balaban J connectivity index is 3.95. The number of carbonyl (C=O) groups is 2. The van der Waals surface area contributed by atoms with E-state index in [2.05, 4.69) is 29.8 Å². The van der Waals surface area contributed by atoms with Crippen molar-refractivity contribution in [3.63, 3.8) is 0 Å². The Labute approximate surface area is 123 Å². The zero-order valence-electron chi connectivity index (χ0n) is 13.8. The monoisotopic (exact) mass is 285 g/mol. The summed E-state index contributed by atoms with van der Waals surface area (Å²) in [5.74, 6) is -0.00692. The van der Waals surface area contributed by atoms with E-state index >= 15 is 0 Å². The highest BCUT2D eigenvalue weighted by atomic mass is 16.2. The number of amides is 2. The minimum absolute atomic E-state index is 0.00222. The summed E-state index contributed by atoms with van der Waals surface area (Å²) in [5.41, 5.74) is -0.213. The van der Waals surface area contributed by atoms with Gasteiger partial charge in [0.1, 0.15) is 0 Å². The minimum Gasteiger partial charge on any atom is -0.352 e. The Kier molecular flexibility index (Phi) is 8.46. The number of hydrogen-bond donors (Lipinski definition) is 3. The van der Waals surface area contributed by atoms with E-state index in [-0.39, 0.29) is 29.4 Å². The van der Waals surface area contributed by atoms with Gasteiger partial charge in [-0.3, -0.25) is 9.59 Å². The van der Waals surface area contributed by atoms with E-state index in [9.17, 15) is 9.59 Å². The van der Waals surface area contributed by atoms with Crippen molar-refractivity contribution in [3.8, 4) is 0 Å². The average molecular weight is 285 g/mol. The summed E-state index contributed by atoms with van der Waals surface area (Å²) < 4.78 is 0. The van der Waals surface area contributed by atoms with Crippen molar-refractivity contribution in [1.29, 1.82) is 0 Å². The lowest BCUT2D eigenvalue weighted by atomic mass is 10.1. The van der Waals surface area contributed by atoms with E-state index in [1.807, 2.05) is 27.7 Å². The molecule has 0 aromatic heterocycles. The van der Waals surface area contributed by atoms with Gasteiger partial charge in [-0.25, -0.2) is 0 Å². The summed E-state index contributed by atoms with van der Waals surface area (Å²) >= 11 is 0. The molecule has 0 saturated carbocycles. The fraction of sp³-hybridized carbons (Fsp3) is 0.867. The highest BCUT2D eigenvalue weighted by molar-refractivity contribution is 5.81. The fourth-order valence-electron chi connectivity index (χ4n) is 1.79. The molecule has 5 heteroatoms. The molecule has 1 unspecified atom stereocenters. The van der Waals surface area contributed by atoms with Crippen LogP contribution in [0.5, 0.6) is 0 Å². The van der Waals surface area contributed by atoms with E-state index in [0.717, 1.165) is 12.8 Å². The van der Waals surface area contributed by atoms with Crippen molar-refractivity contribution in [2.75, 3.05) is 6.54 Å². The summed E-state index contributed by atoms with van der Waals surface area (Å²) in [6, 6.07) is -0.0472. The van der Waals surface area contributed by atoms with E-state index in [0.29, 0.717) is 13.0 Å². The van der Waals surface area contributed by atoms with Crippen LogP contribution >= 0.6 is 0 Å². The summed E-state index contributed by atoms with van der Waals surface area (Å²) in [4.78, 5) is 23.5. The first-order valence-electron chi connectivity index (χ1n) is 7.54. The molecule has 5 nitrogen and oxygen atoms in total. The molecule has 20 heavy (non-hydrogen) atoms. The Morgan fingerprint density at radius 1 is 1.10 bits per heavy atom. The van der Waals surface area contributed by atoms with E-state index in [1.54, 1.807) is 0 Å². The van der Waals surface area contributed by atoms with Crippen molar-refractivity contribution in [1.82, 2.24) is 16.0 Å². The van der Waals surface area contributed by atoms with Gasteiger partial charge in [-0.1, -0.05) is 13.8 Å². The third-order valence-electron chi connectivity index (χ3n) is 3.04. The molecular formula is C15H31N3O2. The van der Waals surface area contributed by atoms with E-state index in [1.165, 1.54) is 0 Å². The van der Waals surface area contributed by atoms with Gasteiger partial charge in [0.25, 0.3) is 0 Å². The molecule has 0 radical (unpaired) electrons. The SMILES string of the molecule is CCC(CC)NC(=O)C(C)NCCC(=O)NC(C)(C)C. The lowest BCUT2D eigenvalue weighted by Crippen LogP contribution is -2.47. The largest absolute Gasteiger partial charge is 0.352 e. The van der Waals surface area contributed by atoms with E-state index in [4.69, 9.17) is 0 Å². The van der Waals surface area contributed by atoms with Crippen LogP contribution in [0.4, 0.5) is 0 Å². The molecule has 0 aromatic rings. The number of nitrogens with one attached hydrogen (secondary N) is 3. The fourth-order valence-corrected chi connectivity index (χ4v) is 1.79. The maximum absolute atomic E-state index is 11.9. The second-order valence-corrected chi connectivity index (χ2v) is 6.25. The van der Waals surface area contributed by atoms with Crippen LogP contribution in [-0.2, 0) is 9.59 Å². The Morgan fingerprint density at radius 3 is 2.10 bits per heavy atom. The van der Waals surface area contributed by atoms with Gasteiger partial charge in [-0.05, 0) is 40.5 Å². The Morgan fingerprint density at radius 2 is 1.65 bits per heavy atom. The summed E-state index contributed by atoms with van der Waals surface area (Å²) in [6.07, 6.45) is 2.24. The summed E-state index contributed by atoms with van der Waals surface area (Å²) in [7, 11) is 0. The zero-order chi connectivity index (χ0) is 15.8. The normalized spacial score (nSPS) is 13.2. The Hall–Kier alpha value is -1.10. The predicted molar refractivity (Wildman–Crippen MR) is 82.5 cm³/mol. The van der Waals surface area contributed by atoms with Crippen LogP contribution in [0.3, 0.4) is 0 Å². The highest BCUT2D eigenvalue weighted by Gasteiger charge is 2.17. The smallest absolute Gasteiger partial charge is 0.237 e. The van der Waals surface area contributed by atoms with E-state index < -0.39 is 0 Å². The van der Waals surface area contributed by atoms with Crippen LogP contribution < -0.4 is 16.0 Å². The van der Waals surface area contributed by atoms with Gasteiger partial charge < -0.3 is 16.0 Å². The molecule has 0 bridgehead atoms. The first-order chi connectivity index (χ1) is 9.19. The standard InChI is InChI=1S/C15H31N3O2/c1-7-12(8-2)17-14(20)11(3)16-10-9-13(19)18-15(4,5)6/h11-12,16H,7-10H2,1-6H3,(H,17,20)(H,18,19). The molecule has 0 aliphatic carbocycles. The molecule has 2 amide bonds. The molecule has 0 rings (SSSR count). The number of rotatable bonds is 8. The lowest BCUT2D eigenvalue weighted by Gasteiger charge is -2.21. The second-order valence-electron chi connectivity index (χ2n) is 6.25. The predicted octanol–water partition coefficient (Wildman–Crippen LogP) is 1.57. The first-order valence-corrected chi connectivity index (χ1v) is 7.54. The highest BCUT2D eigenvalue weighted by Crippen LogP contribution is 1.99. The van der Waals surface area contributed by atoms with Crippen LogP contribution in [0.15, 0.2) is 0 Å². The van der Waals surface area contributed by atoms with Gasteiger partial charge in [-0.15, -0.1) is 0 Å². The topological polar surface area (TPSA) is 70.2 Å². The lowest BCUT2D eigenvalue weighted by molar-refractivity contribution is -0.125. The molecule has 0 aromatic carbocycles. The van der Waals surface area contributed by atoms with Crippen LogP contribution in [0, 0.1) is 0 Å². The third kappa shape index (κ3) is 8.91. The van der Waals surface area contributed by atoms with Gasteiger partial charge in [0.05, 0.1) is 6.04 Å². The Bertz CT molecular complexity index is 307. The van der Waals surface area contributed by atoms with Crippen molar-refractivity contribution in [2.45, 2.75) is 78.4 Å². The number of carbonyl (C=O) groups excluding carboxylic acids is 2. The van der Waals surface area contributed by atoms with Gasteiger partial charge >= 0.3 is 0 Å². The van der Waals surface area contributed by atoms with Crippen molar-refractivity contribution >= 4 is 11.8 Å². The van der Waals surface area contributed by atoms with Crippen molar-refractivity contribution in [3.05, 3.63) is 0 Å². The molecule has 0 aliphatic rings. The van der Waals surface area contributed by atoms with Crippen molar-refractivity contribution in [2.24, 2.45) is 0 Å². The number of hydrogen-bond acceptors (Lipinski definition) is 3. The molecule has 3 N–H and O–H groups in total. The van der Waals surface area contributed by atoms with Crippen LogP contribution in [0.25, 0.3) is 0 Å². The average Bonchev–Trinajstić information content (AvgIpc) is 2.33. The van der Waals surface area contributed by atoms with Crippen LogP contribution in [0.1, 0.15) is 60.8 Å². The van der Waals surface area contributed by atoms with Crippen LogP contribution in [0.2, 0.25) is 0 Å². The third-order valence-corrected chi connectivity index (χ3v) is 3.04. The van der Waals surface area contributed by atoms with Gasteiger partial charge in [0.2, 0.25) is 11.8 Å².